The van der Waals surface area contributed by atoms with Crippen LogP contribution >= 0.6 is 0 Å². The molecule has 3 rings (SSSR count). The van der Waals surface area contributed by atoms with Crippen LogP contribution in [0.3, 0.4) is 0 Å². The average molecular weight is 255 g/mol. The van der Waals surface area contributed by atoms with Crippen LogP contribution in [-0.4, -0.2) is 14.5 Å². The molecule has 0 aliphatic heterocycles. The quantitative estimate of drug-likeness (QED) is 0.676. The highest BCUT2D eigenvalue weighted by atomic mass is 16.4. The standard InChI is InChI=1S/C13H9N3O3/c17-12-10-5-3-7-15-11(10)16(13(18)19-12)8-9-4-1-2-6-14-9/h1-7H,8H2. The van der Waals surface area contributed by atoms with Gasteiger partial charge in [-0.25, -0.2) is 14.6 Å². The molecule has 0 saturated heterocycles. The number of hydrogen-bond acceptors (Lipinski definition) is 5. The second-order valence-corrected chi connectivity index (χ2v) is 3.94. The molecule has 0 spiro atoms. The molecule has 0 fully saturated rings. The largest absolute Gasteiger partial charge is 0.423 e. The van der Waals surface area contributed by atoms with Crippen molar-refractivity contribution in [3.05, 3.63) is 69.4 Å². The molecule has 0 aliphatic carbocycles. The van der Waals surface area contributed by atoms with E-state index in [0.717, 1.165) is 0 Å². The van der Waals surface area contributed by atoms with E-state index in [1.165, 1.54) is 10.8 Å². The number of hydrogen-bond donors (Lipinski definition) is 0. The third-order valence-electron chi connectivity index (χ3n) is 2.71. The summed E-state index contributed by atoms with van der Waals surface area (Å²) >= 11 is 0. The zero-order valence-electron chi connectivity index (χ0n) is 9.81. The van der Waals surface area contributed by atoms with Crippen molar-refractivity contribution in [2.45, 2.75) is 6.54 Å². The number of pyridine rings is 2. The smallest absolute Gasteiger partial charge is 0.372 e. The summed E-state index contributed by atoms with van der Waals surface area (Å²) < 4.78 is 5.97. The molecule has 0 saturated carbocycles. The van der Waals surface area contributed by atoms with Gasteiger partial charge < -0.3 is 4.42 Å². The van der Waals surface area contributed by atoms with E-state index in [1.807, 2.05) is 6.07 Å². The Morgan fingerprint density at radius 1 is 1.05 bits per heavy atom. The summed E-state index contributed by atoms with van der Waals surface area (Å²) in [6, 6.07) is 8.58. The average Bonchev–Trinajstić information content (AvgIpc) is 2.45. The van der Waals surface area contributed by atoms with Crippen LogP contribution in [0.4, 0.5) is 0 Å². The molecule has 3 aromatic heterocycles. The number of rotatable bonds is 2. The Balaban J connectivity index is 2.24. The van der Waals surface area contributed by atoms with Crippen LogP contribution in [0.1, 0.15) is 5.69 Å². The van der Waals surface area contributed by atoms with Crippen molar-refractivity contribution in [1.29, 1.82) is 0 Å². The summed E-state index contributed by atoms with van der Waals surface area (Å²) in [4.78, 5) is 31.6. The highest BCUT2D eigenvalue weighted by molar-refractivity contribution is 5.72. The van der Waals surface area contributed by atoms with E-state index in [4.69, 9.17) is 0 Å². The third-order valence-corrected chi connectivity index (χ3v) is 2.71. The molecule has 0 unspecified atom stereocenters. The Morgan fingerprint density at radius 3 is 2.68 bits per heavy atom. The maximum absolute atomic E-state index is 11.8. The van der Waals surface area contributed by atoms with Gasteiger partial charge in [0.25, 0.3) is 0 Å². The van der Waals surface area contributed by atoms with Gasteiger partial charge in [-0.3, -0.25) is 9.55 Å². The fraction of sp³-hybridized carbons (Fsp3) is 0.0769. The van der Waals surface area contributed by atoms with Gasteiger partial charge in [-0.2, -0.15) is 0 Å². The maximum Gasteiger partial charge on any atom is 0.423 e. The number of aromatic nitrogens is 3. The summed E-state index contributed by atoms with van der Waals surface area (Å²) in [5.74, 6) is -0.734. The van der Waals surface area contributed by atoms with E-state index in [-0.39, 0.29) is 11.9 Å². The molecular formula is C13H9N3O3. The van der Waals surface area contributed by atoms with Crippen molar-refractivity contribution in [3.63, 3.8) is 0 Å². The first kappa shape index (κ1) is 11.3. The van der Waals surface area contributed by atoms with Gasteiger partial charge >= 0.3 is 11.4 Å². The molecule has 0 N–H and O–H groups in total. The van der Waals surface area contributed by atoms with Crippen LogP contribution in [-0.2, 0) is 6.54 Å². The van der Waals surface area contributed by atoms with Crippen molar-refractivity contribution in [1.82, 2.24) is 14.5 Å². The van der Waals surface area contributed by atoms with Crippen LogP contribution in [0.5, 0.6) is 0 Å². The highest BCUT2D eigenvalue weighted by Crippen LogP contribution is 2.05. The van der Waals surface area contributed by atoms with Gasteiger partial charge in [0.2, 0.25) is 0 Å². The number of nitrogens with zero attached hydrogens (tertiary/aromatic N) is 3. The molecular weight excluding hydrogens is 246 g/mol. The lowest BCUT2D eigenvalue weighted by atomic mass is 10.3. The summed E-state index contributed by atoms with van der Waals surface area (Å²) in [6.07, 6.45) is 3.16. The molecule has 6 heteroatoms. The van der Waals surface area contributed by atoms with Crippen molar-refractivity contribution >= 4 is 11.0 Å². The monoisotopic (exact) mass is 255 g/mol. The van der Waals surface area contributed by atoms with E-state index in [1.54, 1.807) is 30.5 Å². The van der Waals surface area contributed by atoms with Crippen molar-refractivity contribution in [2.24, 2.45) is 0 Å². The van der Waals surface area contributed by atoms with Gasteiger partial charge in [0.15, 0.2) is 5.65 Å². The van der Waals surface area contributed by atoms with Gasteiger partial charge in [-0.1, -0.05) is 6.07 Å². The van der Waals surface area contributed by atoms with Gasteiger partial charge in [0.1, 0.15) is 5.39 Å². The summed E-state index contributed by atoms with van der Waals surface area (Å²) in [7, 11) is 0. The summed E-state index contributed by atoms with van der Waals surface area (Å²) in [5, 5.41) is 0.276. The van der Waals surface area contributed by atoms with Crippen LogP contribution in [0.2, 0.25) is 0 Å². The summed E-state index contributed by atoms with van der Waals surface area (Å²) in [6.45, 7) is 0.205. The van der Waals surface area contributed by atoms with Crippen molar-refractivity contribution < 1.29 is 4.42 Å². The van der Waals surface area contributed by atoms with Crippen LogP contribution in [0, 0.1) is 0 Å². The molecule has 0 aliphatic rings. The summed E-state index contributed by atoms with van der Waals surface area (Å²) in [5.41, 5.74) is 0.310. The highest BCUT2D eigenvalue weighted by Gasteiger charge is 2.10. The lowest BCUT2D eigenvalue weighted by molar-refractivity contribution is 0.422. The minimum absolute atomic E-state index is 0.205. The minimum Gasteiger partial charge on any atom is -0.372 e. The molecule has 0 bridgehead atoms. The van der Waals surface area contributed by atoms with Crippen LogP contribution < -0.4 is 11.4 Å². The Bertz CT molecular complexity index is 837. The van der Waals surface area contributed by atoms with Gasteiger partial charge in [-0.15, -0.1) is 0 Å². The first-order valence-corrected chi connectivity index (χ1v) is 5.64. The van der Waals surface area contributed by atoms with Crippen LogP contribution in [0.15, 0.2) is 56.7 Å². The Kier molecular flexibility index (Phi) is 2.68. The zero-order chi connectivity index (χ0) is 13.2. The molecule has 0 aromatic carbocycles. The van der Waals surface area contributed by atoms with E-state index < -0.39 is 11.4 Å². The SMILES string of the molecule is O=c1oc(=O)n(Cc2ccccn2)c2ncccc12. The molecule has 0 amide bonds. The Hall–Kier alpha value is -2.76. The number of fused-ring (bicyclic) bond motifs is 1. The lowest BCUT2D eigenvalue weighted by Crippen LogP contribution is -2.26. The predicted molar refractivity (Wildman–Crippen MR) is 67.9 cm³/mol. The van der Waals surface area contributed by atoms with E-state index in [0.29, 0.717) is 11.3 Å². The van der Waals surface area contributed by atoms with E-state index in [9.17, 15) is 9.59 Å². The maximum atomic E-state index is 11.8. The fourth-order valence-electron chi connectivity index (χ4n) is 1.84. The normalized spacial score (nSPS) is 10.7. The topological polar surface area (TPSA) is 78.0 Å². The first-order valence-electron chi connectivity index (χ1n) is 5.64. The molecule has 0 radical (unpaired) electrons. The molecule has 19 heavy (non-hydrogen) atoms. The minimum atomic E-state index is -0.734. The van der Waals surface area contributed by atoms with Gasteiger partial charge in [0, 0.05) is 12.4 Å². The lowest BCUT2D eigenvalue weighted by Gasteiger charge is -2.06. The molecule has 0 atom stereocenters. The second kappa shape index (κ2) is 4.49. The van der Waals surface area contributed by atoms with Crippen molar-refractivity contribution in [2.75, 3.05) is 0 Å². The van der Waals surface area contributed by atoms with Gasteiger partial charge in [-0.05, 0) is 24.3 Å². The molecule has 3 heterocycles. The van der Waals surface area contributed by atoms with Gasteiger partial charge in [0.05, 0.1) is 12.2 Å². The predicted octanol–water partition coefficient (Wildman–Crippen LogP) is 0.793. The fourth-order valence-corrected chi connectivity index (χ4v) is 1.84. The molecule has 6 nitrogen and oxygen atoms in total. The van der Waals surface area contributed by atoms with Crippen molar-refractivity contribution in [3.8, 4) is 0 Å². The second-order valence-electron chi connectivity index (χ2n) is 3.94. The molecule has 94 valence electrons. The third kappa shape index (κ3) is 2.03. The zero-order valence-corrected chi connectivity index (χ0v) is 9.81. The Morgan fingerprint density at radius 2 is 1.89 bits per heavy atom. The van der Waals surface area contributed by atoms with E-state index in [2.05, 4.69) is 14.4 Å². The first-order chi connectivity index (χ1) is 9.25. The van der Waals surface area contributed by atoms with E-state index >= 15 is 0 Å². The molecule has 3 aromatic rings. The Labute approximate surface area is 107 Å². The van der Waals surface area contributed by atoms with Crippen LogP contribution in [0.25, 0.3) is 11.0 Å².